The van der Waals surface area contributed by atoms with Gasteiger partial charge in [0.1, 0.15) is 0 Å². The number of H-pyrrole nitrogens is 1. The predicted octanol–water partition coefficient (Wildman–Crippen LogP) is 1.81. The molecule has 0 aliphatic rings. The average molecular weight is 166 g/mol. The fraction of sp³-hybridized carbons (Fsp3) is 0.556. The van der Waals surface area contributed by atoms with Gasteiger partial charge in [-0.2, -0.15) is 5.10 Å². The molecule has 12 heavy (non-hydrogen) atoms. The maximum absolute atomic E-state index is 11.0. The third-order valence-electron chi connectivity index (χ3n) is 1.71. The summed E-state index contributed by atoms with van der Waals surface area (Å²) in [5, 5.41) is 6.70. The fourth-order valence-electron chi connectivity index (χ4n) is 1.18. The largest absolute Gasteiger partial charge is 0.294 e. The van der Waals surface area contributed by atoms with Gasteiger partial charge >= 0.3 is 0 Å². The molecule has 0 fully saturated rings. The first-order valence-electron chi connectivity index (χ1n) is 4.14. The van der Waals surface area contributed by atoms with Crippen molar-refractivity contribution in [3.63, 3.8) is 0 Å². The molecule has 0 bridgehead atoms. The van der Waals surface area contributed by atoms with Crippen LogP contribution in [0.1, 0.15) is 36.8 Å². The highest BCUT2D eigenvalue weighted by Gasteiger charge is 2.09. The molecule has 0 saturated carbocycles. The van der Waals surface area contributed by atoms with Crippen molar-refractivity contribution in [1.82, 2.24) is 10.2 Å². The summed E-state index contributed by atoms with van der Waals surface area (Å²) < 4.78 is 0. The minimum Gasteiger partial charge on any atom is -0.294 e. The van der Waals surface area contributed by atoms with Crippen molar-refractivity contribution in [3.8, 4) is 0 Å². The quantitative estimate of drug-likeness (QED) is 0.696. The number of nitrogens with zero attached hydrogens (tertiary/aromatic N) is 1. The maximum atomic E-state index is 11.0. The third-order valence-corrected chi connectivity index (χ3v) is 1.71. The van der Waals surface area contributed by atoms with Crippen molar-refractivity contribution in [2.75, 3.05) is 0 Å². The van der Waals surface area contributed by atoms with Crippen LogP contribution in [0.25, 0.3) is 0 Å². The van der Waals surface area contributed by atoms with E-state index in [1.807, 2.05) is 0 Å². The number of Topliss-reactive ketones (excluding diaryl/α,β-unsaturated/α-hetero) is 1. The molecule has 0 amide bonds. The SMILES string of the molecule is CC(=O)c1cn[nH]c1CC(C)C. The topological polar surface area (TPSA) is 45.8 Å². The monoisotopic (exact) mass is 166 g/mol. The second kappa shape index (κ2) is 3.52. The summed E-state index contributed by atoms with van der Waals surface area (Å²) in [5.41, 5.74) is 1.68. The van der Waals surface area contributed by atoms with Gasteiger partial charge in [0.05, 0.1) is 11.8 Å². The lowest BCUT2D eigenvalue weighted by Crippen LogP contribution is -2.01. The molecule has 3 heteroatoms. The van der Waals surface area contributed by atoms with E-state index in [1.54, 1.807) is 13.1 Å². The Hall–Kier alpha value is -1.12. The fourth-order valence-corrected chi connectivity index (χ4v) is 1.18. The standard InChI is InChI=1S/C9H14N2O/c1-6(2)4-9-8(7(3)12)5-10-11-9/h5-6H,4H2,1-3H3,(H,10,11). The molecule has 0 saturated heterocycles. The summed E-state index contributed by atoms with van der Waals surface area (Å²) in [6, 6.07) is 0. The summed E-state index contributed by atoms with van der Waals surface area (Å²) in [7, 11) is 0. The van der Waals surface area contributed by atoms with Crippen LogP contribution < -0.4 is 0 Å². The Morgan fingerprint density at radius 1 is 1.67 bits per heavy atom. The number of hydrogen-bond donors (Lipinski definition) is 1. The zero-order chi connectivity index (χ0) is 9.14. The number of carbonyl (C=O) groups excluding carboxylic acids is 1. The summed E-state index contributed by atoms with van der Waals surface area (Å²) in [6.07, 6.45) is 2.48. The van der Waals surface area contributed by atoms with Gasteiger partial charge in [-0.25, -0.2) is 0 Å². The van der Waals surface area contributed by atoms with Gasteiger partial charge in [-0.3, -0.25) is 9.89 Å². The highest BCUT2D eigenvalue weighted by atomic mass is 16.1. The minimum atomic E-state index is 0.0828. The zero-order valence-electron chi connectivity index (χ0n) is 7.72. The van der Waals surface area contributed by atoms with Crippen LogP contribution in [0.4, 0.5) is 0 Å². The van der Waals surface area contributed by atoms with Crippen LogP contribution >= 0.6 is 0 Å². The Morgan fingerprint density at radius 2 is 2.33 bits per heavy atom. The van der Waals surface area contributed by atoms with E-state index < -0.39 is 0 Å². The molecule has 1 N–H and O–H groups in total. The van der Waals surface area contributed by atoms with Gasteiger partial charge in [0.15, 0.2) is 5.78 Å². The van der Waals surface area contributed by atoms with Crippen LogP contribution in [0, 0.1) is 5.92 Å². The van der Waals surface area contributed by atoms with Gasteiger partial charge < -0.3 is 0 Å². The van der Waals surface area contributed by atoms with Crippen molar-refractivity contribution >= 4 is 5.78 Å². The van der Waals surface area contributed by atoms with Crippen LogP contribution in [0.15, 0.2) is 6.20 Å². The smallest absolute Gasteiger partial charge is 0.163 e. The molecule has 1 aromatic rings. The first-order chi connectivity index (χ1) is 5.61. The molecule has 0 aromatic carbocycles. The summed E-state index contributed by atoms with van der Waals surface area (Å²) in [6.45, 7) is 5.80. The molecule has 0 radical (unpaired) electrons. The zero-order valence-corrected chi connectivity index (χ0v) is 7.72. The summed E-state index contributed by atoms with van der Waals surface area (Å²) in [5.74, 6) is 0.628. The van der Waals surface area contributed by atoms with Crippen LogP contribution in [-0.4, -0.2) is 16.0 Å². The number of nitrogens with one attached hydrogen (secondary N) is 1. The number of rotatable bonds is 3. The number of carbonyl (C=O) groups is 1. The Labute approximate surface area is 72.2 Å². The van der Waals surface area contributed by atoms with E-state index in [2.05, 4.69) is 24.0 Å². The Kier molecular flexibility index (Phi) is 2.63. The molecule has 0 spiro atoms. The predicted molar refractivity (Wildman–Crippen MR) is 47.1 cm³/mol. The van der Waals surface area contributed by atoms with Gasteiger partial charge in [-0.1, -0.05) is 13.8 Å². The molecule has 66 valence electrons. The molecule has 3 nitrogen and oxygen atoms in total. The summed E-state index contributed by atoms with van der Waals surface area (Å²) >= 11 is 0. The Balaban J connectivity index is 2.84. The highest BCUT2D eigenvalue weighted by molar-refractivity contribution is 5.94. The molecular formula is C9H14N2O. The lowest BCUT2D eigenvalue weighted by atomic mass is 10.0. The van der Waals surface area contributed by atoms with Gasteiger partial charge in [-0.15, -0.1) is 0 Å². The van der Waals surface area contributed by atoms with E-state index in [0.29, 0.717) is 5.92 Å². The highest BCUT2D eigenvalue weighted by Crippen LogP contribution is 2.10. The van der Waals surface area contributed by atoms with Gasteiger partial charge in [-0.05, 0) is 19.3 Å². The third kappa shape index (κ3) is 1.94. The van der Waals surface area contributed by atoms with Crippen molar-refractivity contribution in [3.05, 3.63) is 17.5 Å². The van der Waals surface area contributed by atoms with Crippen molar-refractivity contribution in [2.45, 2.75) is 27.2 Å². The van der Waals surface area contributed by atoms with E-state index in [9.17, 15) is 4.79 Å². The second-order valence-corrected chi connectivity index (χ2v) is 3.42. The Morgan fingerprint density at radius 3 is 2.83 bits per heavy atom. The molecule has 0 aliphatic carbocycles. The van der Waals surface area contributed by atoms with Gasteiger partial charge in [0.2, 0.25) is 0 Å². The number of aromatic nitrogens is 2. The first-order valence-corrected chi connectivity index (χ1v) is 4.14. The second-order valence-electron chi connectivity index (χ2n) is 3.42. The van der Waals surface area contributed by atoms with E-state index in [-0.39, 0.29) is 5.78 Å². The number of ketones is 1. The van der Waals surface area contributed by atoms with Crippen LogP contribution in [0.3, 0.4) is 0 Å². The van der Waals surface area contributed by atoms with E-state index in [1.165, 1.54) is 0 Å². The first kappa shape index (κ1) is 8.97. The van der Waals surface area contributed by atoms with Crippen LogP contribution in [0.2, 0.25) is 0 Å². The lowest BCUT2D eigenvalue weighted by Gasteiger charge is -2.02. The van der Waals surface area contributed by atoms with Crippen LogP contribution in [0.5, 0.6) is 0 Å². The normalized spacial score (nSPS) is 10.7. The number of hydrogen-bond acceptors (Lipinski definition) is 2. The van der Waals surface area contributed by atoms with Crippen molar-refractivity contribution < 1.29 is 4.79 Å². The lowest BCUT2D eigenvalue weighted by molar-refractivity contribution is 0.101. The molecule has 1 rings (SSSR count). The van der Waals surface area contributed by atoms with E-state index in [4.69, 9.17) is 0 Å². The number of aromatic amines is 1. The van der Waals surface area contributed by atoms with E-state index in [0.717, 1.165) is 17.7 Å². The van der Waals surface area contributed by atoms with Gasteiger partial charge in [0, 0.05) is 5.69 Å². The van der Waals surface area contributed by atoms with E-state index >= 15 is 0 Å². The molecular weight excluding hydrogens is 152 g/mol. The molecule has 0 aliphatic heterocycles. The van der Waals surface area contributed by atoms with Crippen molar-refractivity contribution in [2.24, 2.45) is 5.92 Å². The molecule has 1 aromatic heterocycles. The minimum absolute atomic E-state index is 0.0828. The molecule has 0 unspecified atom stereocenters. The van der Waals surface area contributed by atoms with Crippen molar-refractivity contribution in [1.29, 1.82) is 0 Å². The molecule has 0 atom stereocenters. The average Bonchev–Trinajstić information content (AvgIpc) is 2.33. The maximum Gasteiger partial charge on any atom is 0.163 e. The van der Waals surface area contributed by atoms with Gasteiger partial charge in [0.25, 0.3) is 0 Å². The Bertz CT molecular complexity index is 276. The summed E-state index contributed by atoms with van der Waals surface area (Å²) in [4.78, 5) is 11.0. The molecule has 1 heterocycles. The van der Waals surface area contributed by atoms with Crippen LogP contribution in [-0.2, 0) is 6.42 Å².